The zero-order valence-electron chi connectivity index (χ0n) is 11.2. The zero-order valence-corrected chi connectivity index (χ0v) is 11.2. The molecule has 1 aromatic rings. The van der Waals surface area contributed by atoms with Crippen molar-refractivity contribution in [2.75, 3.05) is 18.5 Å². The molecule has 0 spiro atoms. The monoisotopic (exact) mass is 236 g/mol. The first kappa shape index (κ1) is 14.0. The van der Waals surface area contributed by atoms with Gasteiger partial charge < -0.3 is 10.1 Å². The van der Waals surface area contributed by atoms with Gasteiger partial charge in [0.1, 0.15) is 5.82 Å². The predicted molar refractivity (Wildman–Crippen MR) is 72.1 cm³/mol. The summed E-state index contributed by atoms with van der Waals surface area (Å²) in [6, 6.07) is 4.06. The number of aromatic nitrogens is 1. The van der Waals surface area contributed by atoms with E-state index in [1.54, 1.807) is 0 Å². The van der Waals surface area contributed by atoms with Crippen molar-refractivity contribution in [3.63, 3.8) is 0 Å². The van der Waals surface area contributed by atoms with E-state index in [4.69, 9.17) is 4.74 Å². The average molecular weight is 236 g/mol. The number of anilines is 1. The van der Waals surface area contributed by atoms with E-state index < -0.39 is 0 Å². The normalized spacial score (nSPS) is 12.4. The van der Waals surface area contributed by atoms with E-state index >= 15 is 0 Å². The maximum Gasteiger partial charge on any atom is 0.125 e. The molecule has 1 unspecified atom stereocenters. The molecule has 17 heavy (non-hydrogen) atoms. The van der Waals surface area contributed by atoms with Gasteiger partial charge in [0.15, 0.2) is 0 Å². The van der Waals surface area contributed by atoms with Crippen LogP contribution in [0.25, 0.3) is 0 Å². The number of pyridine rings is 1. The minimum absolute atomic E-state index is 0.647. The molecule has 0 amide bonds. The summed E-state index contributed by atoms with van der Waals surface area (Å²) in [6.45, 7) is 8.90. The van der Waals surface area contributed by atoms with Gasteiger partial charge in [-0.3, -0.25) is 0 Å². The van der Waals surface area contributed by atoms with E-state index in [2.05, 4.69) is 37.1 Å². The Balaban J connectivity index is 2.27. The molecule has 3 heteroatoms. The van der Waals surface area contributed by atoms with Crippen molar-refractivity contribution in [2.24, 2.45) is 5.92 Å². The highest BCUT2D eigenvalue weighted by atomic mass is 16.5. The molecular formula is C14H24N2O. The molecular weight excluding hydrogens is 212 g/mol. The van der Waals surface area contributed by atoms with Gasteiger partial charge in [-0.05, 0) is 30.9 Å². The molecule has 0 saturated heterocycles. The lowest BCUT2D eigenvalue weighted by Crippen LogP contribution is -2.06. The summed E-state index contributed by atoms with van der Waals surface area (Å²) in [5.74, 6) is 1.57. The molecule has 1 N–H and O–H groups in total. The van der Waals surface area contributed by atoms with Crippen LogP contribution in [0.15, 0.2) is 18.3 Å². The summed E-state index contributed by atoms with van der Waals surface area (Å²) >= 11 is 0. The Morgan fingerprint density at radius 2 is 2.18 bits per heavy atom. The van der Waals surface area contributed by atoms with E-state index in [9.17, 15) is 0 Å². The van der Waals surface area contributed by atoms with Crippen LogP contribution in [0, 0.1) is 5.92 Å². The van der Waals surface area contributed by atoms with Crippen LogP contribution >= 0.6 is 0 Å². The minimum Gasteiger partial charge on any atom is -0.376 e. The lowest BCUT2D eigenvalue weighted by molar-refractivity contribution is 0.0892. The second-order valence-corrected chi connectivity index (χ2v) is 4.49. The average Bonchev–Trinajstić information content (AvgIpc) is 2.32. The van der Waals surface area contributed by atoms with Crippen LogP contribution < -0.4 is 5.32 Å². The molecule has 96 valence electrons. The molecule has 0 radical (unpaired) electrons. The third-order valence-electron chi connectivity index (χ3n) is 2.64. The highest BCUT2D eigenvalue weighted by Crippen LogP contribution is 2.09. The van der Waals surface area contributed by atoms with Crippen LogP contribution in [0.3, 0.4) is 0 Å². The lowest BCUT2D eigenvalue weighted by Gasteiger charge is -2.10. The number of nitrogens with zero attached hydrogens (tertiary/aromatic N) is 1. The van der Waals surface area contributed by atoms with Crippen molar-refractivity contribution in [1.29, 1.82) is 0 Å². The number of hydrogen-bond acceptors (Lipinski definition) is 3. The molecule has 1 heterocycles. The van der Waals surface area contributed by atoms with Crippen molar-refractivity contribution < 1.29 is 4.74 Å². The molecule has 0 fully saturated rings. The van der Waals surface area contributed by atoms with Crippen LogP contribution in [0.2, 0.25) is 0 Å². The van der Waals surface area contributed by atoms with Gasteiger partial charge in [0.05, 0.1) is 6.61 Å². The standard InChI is InChI=1S/C14H24N2O/c1-4-6-12(3)10-17-11-13-7-8-14(15-5-2)16-9-13/h7-9,12H,4-6,10-11H2,1-3H3,(H,15,16). The summed E-state index contributed by atoms with van der Waals surface area (Å²) in [7, 11) is 0. The molecule has 0 saturated carbocycles. The molecule has 0 bridgehead atoms. The van der Waals surface area contributed by atoms with Crippen LogP contribution in [-0.2, 0) is 11.3 Å². The summed E-state index contributed by atoms with van der Waals surface area (Å²) in [5.41, 5.74) is 1.13. The van der Waals surface area contributed by atoms with E-state index in [1.807, 2.05) is 12.3 Å². The van der Waals surface area contributed by atoms with E-state index in [0.717, 1.165) is 24.5 Å². The van der Waals surface area contributed by atoms with E-state index in [1.165, 1.54) is 12.8 Å². The Morgan fingerprint density at radius 1 is 1.35 bits per heavy atom. The Hall–Kier alpha value is -1.09. The van der Waals surface area contributed by atoms with Gasteiger partial charge in [0, 0.05) is 19.3 Å². The van der Waals surface area contributed by atoms with Crippen molar-refractivity contribution in [3.05, 3.63) is 23.9 Å². The Bertz CT molecular complexity index is 298. The molecule has 1 atom stereocenters. The van der Waals surface area contributed by atoms with Crippen LogP contribution in [0.5, 0.6) is 0 Å². The Kier molecular flexibility index (Phi) is 6.63. The highest BCUT2D eigenvalue weighted by molar-refractivity contribution is 5.34. The molecule has 1 aromatic heterocycles. The van der Waals surface area contributed by atoms with Crippen LogP contribution in [-0.4, -0.2) is 18.1 Å². The lowest BCUT2D eigenvalue weighted by atomic mass is 10.1. The first-order valence-corrected chi connectivity index (χ1v) is 6.52. The first-order valence-electron chi connectivity index (χ1n) is 6.52. The number of nitrogens with one attached hydrogen (secondary N) is 1. The predicted octanol–water partition coefficient (Wildman–Crippen LogP) is 3.47. The summed E-state index contributed by atoms with van der Waals surface area (Å²) < 4.78 is 5.67. The smallest absolute Gasteiger partial charge is 0.125 e. The minimum atomic E-state index is 0.647. The first-order chi connectivity index (χ1) is 8.26. The van der Waals surface area contributed by atoms with Gasteiger partial charge in [-0.25, -0.2) is 4.98 Å². The quantitative estimate of drug-likeness (QED) is 0.750. The fraction of sp³-hybridized carbons (Fsp3) is 0.643. The van der Waals surface area contributed by atoms with Gasteiger partial charge in [-0.2, -0.15) is 0 Å². The summed E-state index contributed by atoms with van der Waals surface area (Å²) in [5, 5.41) is 3.17. The van der Waals surface area contributed by atoms with Crippen LogP contribution in [0.1, 0.15) is 39.2 Å². The molecule has 0 aliphatic carbocycles. The topological polar surface area (TPSA) is 34.1 Å². The van der Waals surface area contributed by atoms with Crippen molar-refractivity contribution >= 4 is 5.82 Å². The number of rotatable bonds is 8. The van der Waals surface area contributed by atoms with Crippen molar-refractivity contribution in [1.82, 2.24) is 4.98 Å². The fourth-order valence-corrected chi connectivity index (χ4v) is 1.75. The number of ether oxygens (including phenoxy) is 1. The SMILES string of the molecule is CCCC(C)COCc1ccc(NCC)nc1. The second kappa shape index (κ2) is 8.07. The Labute approximate surface area is 105 Å². The third-order valence-corrected chi connectivity index (χ3v) is 2.64. The second-order valence-electron chi connectivity index (χ2n) is 4.49. The molecule has 0 aromatic carbocycles. The molecule has 0 aliphatic heterocycles. The molecule has 0 aliphatic rings. The van der Waals surface area contributed by atoms with Crippen LogP contribution in [0.4, 0.5) is 5.82 Å². The van der Waals surface area contributed by atoms with Gasteiger partial charge in [-0.1, -0.05) is 26.3 Å². The van der Waals surface area contributed by atoms with Crippen molar-refractivity contribution in [3.8, 4) is 0 Å². The summed E-state index contributed by atoms with van der Waals surface area (Å²) in [6.07, 6.45) is 4.34. The largest absolute Gasteiger partial charge is 0.376 e. The van der Waals surface area contributed by atoms with Gasteiger partial charge >= 0.3 is 0 Å². The number of hydrogen-bond donors (Lipinski definition) is 1. The van der Waals surface area contributed by atoms with Gasteiger partial charge in [0.25, 0.3) is 0 Å². The van der Waals surface area contributed by atoms with Gasteiger partial charge in [0.2, 0.25) is 0 Å². The van der Waals surface area contributed by atoms with E-state index in [0.29, 0.717) is 12.5 Å². The third kappa shape index (κ3) is 5.68. The Morgan fingerprint density at radius 3 is 2.76 bits per heavy atom. The van der Waals surface area contributed by atoms with Gasteiger partial charge in [-0.15, -0.1) is 0 Å². The maximum absolute atomic E-state index is 5.67. The highest BCUT2D eigenvalue weighted by Gasteiger charge is 2.01. The maximum atomic E-state index is 5.67. The zero-order chi connectivity index (χ0) is 12.5. The molecule has 1 rings (SSSR count). The van der Waals surface area contributed by atoms with Crippen molar-refractivity contribution in [2.45, 2.75) is 40.2 Å². The molecule has 3 nitrogen and oxygen atoms in total. The fourth-order valence-electron chi connectivity index (χ4n) is 1.75. The summed E-state index contributed by atoms with van der Waals surface area (Å²) in [4.78, 5) is 4.31. The van der Waals surface area contributed by atoms with E-state index in [-0.39, 0.29) is 0 Å².